The minimum atomic E-state index is -3.72. The van der Waals surface area contributed by atoms with E-state index in [1.807, 2.05) is 24.3 Å². The number of carbonyl (C=O) groups is 2. The van der Waals surface area contributed by atoms with Gasteiger partial charge in [0.2, 0.25) is 15.9 Å². The lowest BCUT2D eigenvalue weighted by Crippen LogP contribution is -2.48. The zero-order valence-electron chi connectivity index (χ0n) is 18.4. The molecule has 2 saturated heterocycles. The number of nitrogens with zero attached hydrogens (tertiary/aromatic N) is 3. The van der Waals surface area contributed by atoms with Gasteiger partial charge >= 0.3 is 0 Å². The van der Waals surface area contributed by atoms with Gasteiger partial charge in [0.1, 0.15) is 5.75 Å². The van der Waals surface area contributed by atoms with Crippen LogP contribution in [0.1, 0.15) is 24.2 Å². The van der Waals surface area contributed by atoms with Crippen molar-refractivity contribution < 1.29 is 22.7 Å². The van der Waals surface area contributed by atoms with Gasteiger partial charge in [-0.3, -0.25) is 9.59 Å². The highest BCUT2D eigenvalue weighted by Gasteiger charge is 2.49. The number of benzene rings is 2. The van der Waals surface area contributed by atoms with E-state index in [-0.39, 0.29) is 17.3 Å². The van der Waals surface area contributed by atoms with Gasteiger partial charge in [0, 0.05) is 31.7 Å². The summed E-state index contributed by atoms with van der Waals surface area (Å²) in [5.41, 5.74) is 0.765. The fraction of sp³-hybridized carbons (Fsp3) is 0.391. The average Bonchev–Trinajstić information content (AvgIpc) is 2.95. The molecule has 0 unspecified atom stereocenters. The predicted octanol–water partition coefficient (Wildman–Crippen LogP) is 2.36. The minimum absolute atomic E-state index is 0.118. The quantitative estimate of drug-likeness (QED) is 0.701. The van der Waals surface area contributed by atoms with Crippen LogP contribution in [0.4, 0.5) is 11.4 Å². The SMILES string of the molecule is COc1ccccc1N1CCN(C(=O)c2ccc(N3C(=O)C(C)(C)CS3(=O)=O)cc2)CC1. The summed E-state index contributed by atoms with van der Waals surface area (Å²) < 4.78 is 31.2. The van der Waals surface area contributed by atoms with Crippen LogP contribution in [0.25, 0.3) is 0 Å². The molecule has 0 aromatic heterocycles. The number of sulfonamides is 1. The molecule has 32 heavy (non-hydrogen) atoms. The number of methoxy groups -OCH3 is 1. The Bertz CT molecular complexity index is 1140. The standard InChI is InChI=1S/C23H27N3O5S/c1-23(2)16-32(29,30)26(22(23)28)18-10-8-17(9-11-18)21(27)25-14-12-24(13-15-25)19-6-4-5-7-20(19)31-3/h4-11H,12-16H2,1-3H3. The molecule has 2 aliphatic heterocycles. The minimum Gasteiger partial charge on any atom is -0.495 e. The summed E-state index contributed by atoms with van der Waals surface area (Å²) in [5.74, 6) is 0.00404. The van der Waals surface area contributed by atoms with Gasteiger partial charge in [-0.25, -0.2) is 12.7 Å². The van der Waals surface area contributed by atoms with Crippen LogP contribution >= 0.6 is 0 Å². The first-order valence-corrected chi connectivity index (χ1v) is 12.1. The summed E-state index contributed by atoms with van der Waals surface area (Å²) >= 11 is 0. The van der Waals surface area contributed by atoms with Crippen molar-refractivity contribution in [2.75, 3.05) is 48.2 Å². The summed E-state index contributed by atoms with van der Waals surface area (Å²) in [5, 5.41) is 0. The fourth-order valence-electron chi connectivity index (χ4n) is 4.22. The Balaban J connectivity index is 1.45. The van der Waals surface area contributed by atoms with Gasteiger partial charge in [0.25, 0.3) is 5.91 Å². The Morgan fingerprint density at radius 1 is 0.969 bits per heavy atom. The Labute approximate surface area is 188 Å². The maximum absolute atomic E-state index is 13.0. The zero-order valence-corrected chi connectivity index (χ0v) is 19.3. The molecule has 8 nitrogen and oxygen atoms in total. The molecule has 170 valence electrons. The van der Waals surface area contributed by atoms with Crippen molar-refractivity contribution in [2.24, 2.45) is 5.41 Å². The zero-order chi connectivity index (χ0) is 23.1. The van der Waals surface area contributed by atoms with Crippen LogP contribution in [0.15, 0.2) is 48.5 Å². The number of hydrogen-bond acceptors (Lipinski definition) is 6. The molecule has 0 N–H and O–H groups in total. The number of amides is 2. The molecule has 0 aliphatic carbocycles. The summed E-state index contributed by atoms with van der Waals surface area (Å²) in [6.07, 6.45) is 0. The van der Waals surface area contributed by atoms with Crippen LogP contribution in [0, 0.1) is 5.41 Å². The molecule has 0 saturated carbocycles. The second-order valence-corrected chi connectivity index (χ2v) is 10.5. The smallest absolute Gasteiger partial charge is 0.253 e. The van der Waals surface area contributed by atoms with E-state index in [0.29, 0.717) is 31.7 Å². The molecular formula is C23H27N3O5S. The van der Waals surface area contributed by atoms with Crippen LogP contribution in [-0.2, 0) is 14.8 Å². The summed E-state index contributed by atoms with van der Waals surface area (Å²) in [4.78, 5) is 29.5. The molecule has 2 aliphatic rings. The van der Waals surface area contributed by atoms with Gasteiger partial charge in [0.15, 0.2) is 0 Å². The first kappa shape index (κ1) is 22.1. The second-order valence-electron chi connectivity index (χ2n) is 8.71. The normalized spacial score (nSPS) is 19.8. The van der Waals surface area contributed by atoms with E-state index in [4.69, 9.17) is 4.74 Å². The van der Waals surface area contributed by atoms with Crippen LogP contribution in [-0.4, -0.2) is 64.2 Å². The van der Waals surface area contributed by atoms with Gasteiger partial charge in [0.05, 0.1) is 29.7 Å². The number of carbonyl (C=O) groups excluding carboxylic acids is 2. The van der Waals surface area contributed by atoms with Crippen LogP contribution < -0.4 is 13.9 Å². The van der Waals surface area contributed by atoms with Gasteiger partial charge in [-0.15, -0.1) is 0 Å². The van der Waals surface area contributed by atoms with E-state index in [1.165, 1.54) is 12.1 Å². The Morgan fingerprint density at radius 3 is 2.16 bits per heavy atom. The third-order valence-corrected chi connectivity index (χ3v) is 7.95. The Hall–Kier alpha value is -3.07. The maximum atomic E-state index is 13.0. The summed E-state index contributed by atoms with van der Waals surface area (Å²) in [6, 6.07) is 14.0. The van der Waals surface area contributed by atoms with Crippen molar-refractivity contribution in [3.8, 4) is 5.75 Å². The molecule has 2 aromatic carbocycles. The van der Waals surface area contributed by atoms with Crippen molar-refractivity contribution in [1.29, 1.82) is 0 Å². The number of piperazine rings is 1. The van der Waals surface area contributed by atoms with Crippen molar-refractivity contribution in [1.82, 2.24) is 4.90 Å². The highest BCUT2D eigenvalue weighted by atomic mass is 32.2. The van der Waals surface area contributed by atoms with Crippen molar-refractivity contribution in [3.63, 3.8) is 0 Å². The molecule has 0 bridgehead atoms. The van der Waals surface area contributed by atoms with E-state index < -0.39 is 21.3 Å². The highest BCUT2D eigenvalue weighted by molar-refractivity contribution is 7.94. The number of hydrogen-bond donors (Lipinski definition) is 0. The van der Waals surface area contributed by atoms with Crippen molar-refractivity contribution in [3.05, 3.63) is 54.1 Å². The number of rotatable bonds is 4. The second kappa shape index (κ2) is 8.12. The van der Waals surface area contributed by atoms with E-state index in [9.17, 15) is 18.0 Å². The van der Waals surface area contributed by atoms with E-state index in [0.717, 1.165) is 15.7 Å². The first-order chi connectivity index (χ1) is 15.1. The fourth-order valence-corrected chi connectivity index (χ4v) is 6.33. The highest BCUT2D eigenvalue weighted by Crippen LogP contribution is 2.36. The largest absolute Gasteiger partial charge is 0.495 e. The van der Waals surface area contributed by atoms with E-state index in [1.54, 1.807) is 38.0 Å². The molecule has 9 heteroatoms. The number of para-hydroxylation sites is 2. The molecule has 2 fully saturated rings. The summed E-state index contributed by atoms with van der Waals surface area (Å²) in [7, 11) is -2.07. The molecule has 2 amide bonds. The van der Waals surface area contributed by atoms with Gasteiger partial charge < -0.3 is 14.5 Å². The van der Waals surface area contributed by atoms with Crippen LogP contribution in [0.2, 0.25) is 0 Å². The number of anilines is 2. The number of ether oxygens (including phenoxy) is 1. The lowest BCUT2D eigenvalue weighted by atomic mass is 9.95. The van der Waals surface area contributed by atoms with Crippen LogP contribution in [0.5, 0.6) is 5.75 Å². The predicted molar refractivity (Wildman–Crippen MR) is 123 cm³/mol. The van der Waals surface area contributed by atoms with Crippen molar-refractivity contribution in [2.45, 2.75) is 13.8 Å². The molecule has 4 rings (SSSR count). The molecule has 0 atom stereocenters. The van der Waals surface area contributed by atoms with Crippen LogP contribution in [0.3, 0.4) is 0 Å². The van der Waals surface area contributed by atoms with Crippen molar-refractivity contribution >= 4 is 33.2 Å². The third-order valence-electron chi connectivity index (χ3n) is 5.93. The Morgan fingerprint density at radius 2 is 1.59 bits per heavy atom. The lowest BCUT2D eigenvalue weighted by molar-refractivity contribution is -0.123. The first-order valence-electron chi connectivity index (χ1n) is 10.5. The maximum Gasteiger partial charge on any atom is 0.253 e. The summed E-state index contributed by atoms with van der Waals surface area (Å²) in [6.45, 7) is 5.72. The van der Waals surface area contributed by atoms with Gasteiger partial charge in [-0.05, 0) is 50.2 Å². The molecule has 0 radical (unpaired) electrons. The monoisotopic (exact) mass is 457 g/mol. The lowest BCUT2D eigenvalue weighted by Gasteiger charge is -2.36. The molecular weight excluding hydrogens is 430 g/mol. The average molecular weight is 458 g/mol. The molecule has 2 aromatic rings. The Kier molecular flexibility index (Phi) is 5.62. The van der Waals surface area contributed by atoms with Gasteiger partial charge in [-0.1, -0.05) is 12.1 Å². The topological polar surface area (TPSA) is 87.2 Å². The third kappa shape index (κ3) is 3.92. The van der Waals surface area contributed by atoms with E-state index >= 15 is 0 Å². The van der Waals surface area contributed by atoms with E-state index in [2.05, 4.69) is 4.90 Å². The molecule has 0 spiro atoms. The molecule has 2 heterocycles. The van der Waals surface area contributed by atoms with Gasteiger partial charge in [-0.2, -0.15) is 0 Å².